The highest BCUT2D eigenvalue weighted by molar-refractivity contribution is 6.05. The van der Waals surface area contributed by atoms with Crippen molar-refractivity contribution in [3.8, 4) is 0 Å². The van der Waals surface area contributed by atoms with Gasteiger partial charge in [0.15, 0.2) is 0 Å². The van der Waals surface area contributed by atoms with Gasteiger partial charge in [0.2, 0.25) is 0 Å². The normalized spacial score (nSPS) is 12.0. The molecule has 0 bridgehead atoms. The number of carbonyl (C=O) groups excluding carboxylic acids is 4. The number of hydrogen-bond acceptors (Lipinski definition) is 15. The Bertz CT molecular complexity index is 1550. The first-order valence-corrected chi connectivity index (χ1v) is 16.5. The highest BCUT2D eigenvalue weighted by Gasteiger charge is 2.29. The monoisotopic (exact) mass is 703 g/mol. The maximum atomic E-state index is 12.5. The predicted molar refractivity (Wildman–Crippen MR) is 179 cm³/mol. The molecule has 1 heterocycles. The molecule has 274 valence electrons. The lowest BCUT2D eigenvalue weighted by atomic mass is 10.0. The third-order valence-electron chi connectivity index (χ3n) is 7.22. The van der Waals surface area contributed by atoms with Crippen molar-refractivity contribution in [2.45, 2.75) is 33.8 Å². The molecule has 3 rings (SSSR count). The Morgan fingerprint density at radius 2 is 1.26 bits per heavy atom. The molecule has 16 nitrogen and oxygen atoms in total. The van der Waals surface area contributed by atoms with Crippen LogP contribution < -0.4 is 0 Å². The van der Waals surface area contributed by atoms with Crippen LogP contribution in [0.3, 0.4) is 0 Å². The molecule has 1 atom stereocenters. The Morgan fingerprint density at radius 1 is 0.720 bits per heavy atom. The minimum Gasteiger partial charge on any atom is -0.465 e. The molecule has 0 radical (unpaired) electrons. The van der Waals surface area contributed by atoms with Crippen molar-refractivity contribution >= 4 is 51.5 Å². The van der Waals surface area contributed by atoms with E-state index in [1.165, 1.54) is 15.9 Å². The Kier molecular flexibility index (Phi) is 16.5. The van der Waals surface area contributed by atoms with Crippen LogP contribution in [0.4, 0.5) is 5.69 Å². The molecule has 0 aliphatic carbocycles. The minimum absolute atomic E-state index is 0.0313. The second-order valence-electron chi connectivity index (χ2n) is 10.8. The molecule has 0 saturated carbocycles. The molecule has 0 fully saturated rings. The summed E-state index contributed by atoms with van der Waals surface area (Å²) in [4.78, 5) is 63.9. The molecule has 0 saturated heterocycles. The van der Waals surface area contributed by atoms with Crippen LogP contribution in [0.2, 0.25) is 0 Å². The van der Waals surface area contributed by atoms with E-state index in [1.54, 1.807) is 45.9 Å². The number of ether oxygens (including phenoxy) is 6. The van der Waals surface area contributed by atoms with Crippen molar-refractivity contribution < 1.29 is 56.9 Å². The van der Waals surface area contributed by atoms with Crippen molar-refractivity contribution in [1.29, 1.82) is 0 Å². The number of hydrogen-bond donors (Lipinski definition) is 0. The topological polar surface area (TPSA) is 186 Å². The number of benzene rings is 2. The Balaban J connectivity index is 1.84. The number of esters is 4. The standard InChI is InChI=1S/C34H45N3O13/c1-5-45-31(38)20-35(21-32(39)46-6-2)13-14-44-15-16-49-30(19-36(22-33(40)47-7-3)23-34(41)48-8-4)26-17-25-24-11-9-10-12-28(24)50-29(25)18-27(26)37(42)43/h9-12,17-18,30H,5-8,13-16,19-23H2,1-4H3. The molecule has 0 N–H and O–H groups in total. The summed E-state index contributed by atoms with van der Waals surface area (Å²) in [5.74, 6) is -2.19. The van der Waals surface area contributed by atoms with Crippen molar-refractivity contribution in [1.82, 2.24) is 9.80 Å². The number of furan rings is 1. The quantitative estimate of drug-likeness (QED) is 0.0459. The fourth-order valence-corrected chi connectivity index (χ4v) is 5.17. The molecule has 0 spiro atoms. The van der Waals surface area contributed by atoms with Gasteiger partial charge in [-0.25, -0.2) is 0 Å². The number of nitro groups is 1. The molecule has 50 heavy (non-hydrogen) atoms. The van der Waals surface area contributed by atoms with Crippen LogP contribution >= 0.6 is 0 Å². The van der Waals surface area contributed by atoms with E-state index in [0.29, 0.717) is 16.6 Å². The molecule has 0 aliphatic heterocycles. The van der Waals surface area contributed by atoms with E-state index in [1.807, 2.05) is 12.1 Å². The zero-order valence-corrected chi connectivity index (χ0v) is 28.9. The highest BCUT2D eigenvalue weighted by Crippen LogP contribution is 2.37. The lowest BCUT2D eigenvalue weighted by molar-refractivity contribution is -0.386. The van der Waals surface area contributed by atoms with E-state index in [4.69, 9.17) is 32.8 Å². The van der Waals surface area contributed by atoms with Crippen molar-refractivity contribution in [2.24, 2.45) is 0 Å². The summed E-state index contributed by atoms with van der Waals surface area (Å²) < 4.78 is 38.0. The zero-order chi connectivity index (χ0) is 36.5. The minimum atomic E-state index is -1.02. The lowest BCUT2D eigenvalue weighted by Gasteiger charge is -2.26. The van der Waals surface area contributed by atoms with Crippen LogP contribution in [0.1, 0.15) is 39.4 Å². The smallest absolute Gasteiger partial charge is 0.320 e. The Morgan fingerprint density at radius 3 is 1.80 bits per heavy atom. The molecule has 1 unspecified atom stereocenters. The molecule has 0 amide bonds. The fraction of sp³-hybridized carbons (Fsp3) is 0.529. The first-order chi connectivity index (χ1) is 24.1. The maximum absolute atomic E-state index is 12.5. The van der Waals surface area contributed by atoms with Crippen molar-refractivity contribution in [2.75, 3.05) is 85.5 Å². The van der Waals surface area contributed by atoms with Gasteiger partial charge in [-0.3, -0.25) is 39.1 Å². The van der Waals surface area contributed by atoms with Crippen molar-refractivity contribution in [3.63, 3.8) is 0 Å². The zero-order valence-electron chi connectivity index (χ0n) is 28.9. The van der Waals surface area contributed by atoms with Crippen LogP contribution in [0.5, 0.6) is 0 Å². The average molecular weight is 704 g/mol. The summed E-state index contributed by atoms with van der Waals surface area (Å²) in [6, 6.07) is 10.2. The number of nitrogens with zero attached hydrogens (tertiary/aromatic N) is 3. The van der Waals surface area contributed by atoms with Gasteiger partial charge < -0.3 is 32.8 Å². The molecule has 16 heteroatoms. The van der Waals surface area contributed by atoms with Gasteiger partial charge in [0.25, 0.3) is 5.69 Å². The molecular formula is C34H45N3O13. The van der Waals surface area contributed by atoms with Crippen molar-refractivity contribution in [3.05, 3.63) is 52.1 Å². The summed E-state index contributed by atoms with van der Waals surface area (Å²) in [5.41, 5.74) is 0.782. The maximum Gasteiger partial charge on any atom is 0.320 e. The van der Waals surface area contributed by atoms with Crippen LogP contribution in [0, 0.1) is 10.1 Å². The number of carbonyl (C=O) groups is 4. The van der Waals surface area contributed by atoms with Crippen LogP contribution in [0.25, 0.3) is 21.9 Å². The molecule has 1 aromatic heterocycles. The fourth-order valence-electron chi connectivity index (χ4n) is 5.17. The third-order valence-corrected chi connectivity index (χ3v) is 7.22. The van der Waals surface area contributed by atoms with E-state index in [2.05, 4.69) is 0 Å². The number of para-hydroxylation sites is 1. The Labute approximate surface area is 289 Å². The summed E-state index contributed by atoms with van der Waals surface area (Å²) in [6.45, 7) is 6.59. The van der Waals surface area contributed by atoms with E-state index < -0.39 is 34.9 Å². The summed E-state index contributed by atoms with van der Waals surface area (Å²) >= 11 is 0. The summed E-state index contributed by atoms with van der Waals surface area (Å²) in [5, 5.41) is 13.7. The van der Waals surface area contributed by atoms with Gasteiger partial charge in [-0.05, 0) is 39.8 Å². The van der Waals surface area contributed by atoms with Crippen LogP contribution in [-0.4, -0.2) is 124 Å². The molecule has 3 aromatic rings. The summed E-state index contributed by atoms with van der Waals surface area (Å²) in [6.07, 6.45) is -1.02. The highest BCUT2D eigenvalue weighted by atomic mass is 16.6. The third kappa shape index (κ3) is 12.4. The number of fused-ring (bicyclic) bond motifs is 3. The van der Waals surface area contributed by atoms with E-state index in [-0.39, 0.29) is 96.8 Å². The van der Waals surface area contributed by atoms with Gasteiger partial charge in [-0.2, -0.15) is 0 Å². The van der Waals surface area contributed by atoms with Gasteiger partial charge in [0, 0.05) is 23.9 Å². The first kappa shape index (κ1) is 39.8. The van der Waals surface area contributed by atoms with Gasteiger partial charge in [-0.15, -0.1) is 0 Å². The van der Waals surface area contributed by atoms with Crippen LogP contribution in [-0.2, 0) is 47.6 Å². The van der Waals surface area contributed by atoms with Crippen LogP contribution in [0.15, 0.2) is 40.8 Å². The van der Waals surface area contributed by atoms with Gasteiger partial charge in [0.1, 0.15) is 17.3 Å². The first-order valence-electron chi connectivity index (χ1n) is 16.5. The second kappa shape index (κ2) is 20.8. The molecular weight excluding hydrogens is 658 g/mol. The largest absolute Gasteiger partial charge is 0.465 e. The van der Waals surface area contributed by atoms with Gasteiger partial charge >= 0.3 is 23.9 Å². The summed E-state index contributed by atoms with van der Waals surface area (Å²) in [7, 11) is 0. The SMILES string of the molecule is CCOC(=O)CN(CCOCCOC(CN(CC(=O)OCC)CC(=O)OCC)c1cc2c(cc1[N+](=O)[O-])oc1ccccc12)CC(=O)OCC. The van der Waals surface area contributed by atoms with E-state index >= 15 is 0 Å². The predicted octanol–water partition coefficient (Wildman–Crippen LogP) is 3.42. The molecule has 0 aliphatic rings. The van der Waals surface area contributed by atoms with E-state index in [0.717, 1.165) is 5.39 Å². The second-order valence-corrected chi connectivity index (χ2v) is 10.8. The Hall–Kier alpha value is -4.64. The van der Waals surface area contributed by atoms with Gasteiger partial charge in [-0.1, -0.05) is 18.2 Å². The number of nitro benzene ring substituents is 1. The van der Waals surface area contributed by atoms with E-state index in [9.17, 15) is 29.3 Å². The number of rotatable bonds is 23. The lowest BCUT2D eigenvalue weighted by Crippen LogP contribution is -2.39. The average Bonchev–Trinajstić information content (AvgIpc) is 3.43. The molecule has 2 aromatic carbocycles. The van der Waals surface area contributed by atoms with Gasteiger partial charge in [0.05, 0.1) is 89.0 Å².